The van der Waals surface area contributed by atoms with Gasteiger partial charge in [-0.15, -0.1) is 0 Å². The Morgan fingerprint density at radius 3 is 1.81 bits per heavy atom. The van der Waals surface area contributed by atoms with Crippen molar-refractivity contribution < 1.29 is 9.59 Å². The number of para-hydroxylation sites is 2. The third kappa shape index (κ3) is 1.10. The van der Waals surface area contributed by atoms with Crippen LogP contribution in [0.1, 0.15) is 19.3 Å². The number of fused-ring (bicyclic) bond motifs is 1. The summed E-state index contributed by atoms with van der Waals surface area (Å²) in [5, 5.41) is 1.01. The summed E-state index contributed by atoms with van der Waals surface area (Å²) < 4.78 is 0. The molecule has 0 saturated heterocycles. The quantitative estimate of drug-likeness (QED) is 0.578. The number of benzene rings is 1. The van der Waals surface area contributed by atoms with E-state index in [2.05, 4.69) is 9.98 Å². The van der Waals surface area contributed by atoms with Gasteiger partial charge in [0.25, 0.3) is 11.8 Å². The van der Waals surface area contributed by atoms with Gasteiger partial charge < -0.3 is 0 Å². The van der Waals surface area contributed by atoms with E-state index in [1.165, 1.54) is 0 Å². The molecule has 1 saturated carbocycles. The summed E-state index contributed by atoms with van der Waals surface area (Å²) in [6.45, 7) is 0. The molecule has 80 valence electrons. The summed E-state index contributed by atoms with van der Waals surface area (Å²) in [5.74, 6) is -0.644. The summed E-state index contributed by atoms with van der Waals surface area (Å²) in [6.07, 6.45) is 2.08. The Morgan fingerprint density at radius 2 is 1.44 bits per heavy atom. The normalized spacial score (nSPS) is 21.5. The molecule has 1 fully saturated rings. The number of hydrogen-bond acceptors (Lipinski definition) is 2. The average Bonchev–Trinajstić information content (AvgIpc) is 2.29. The highest BCUT2D eigenvalue weighted by molar-refractivity contribution is 6.07. The van der Waals surface area contributed by atoms with Gasteiger partial charge in [-0.2, -0.15) is 0 Å². The van der Waals surface area contributed by atoms with Crippen LogP contribution in [-0.2, 0) is 9.59 Å². The second-order valence-corrected chi connectivity index (χ2v) is 4.26. The van der Waals surface area contributed by atoms with E-state index in [4.69, 9.17) is 0 Å². The fourth-order valence-corrected chi connectivity index (χ4v) is 2.14. The van der Waals surface area contributed by atoms with Gasteiger partial charge in [-0.05, 0) is 25.0 Å². The molecule has 1 spiro atoms. The van der Waals surface area contributed by atoms with Gasteiger partial charge >= 0.3 is 0 Å². The number of carbonyl (C=O) groups is 2. The fourth-order valence-electron chi connectivity index (χ4n) is 2.14. The van der Waals surface area contributed by atoms with Crippen LogP contribution in [-0.4, -0.2) is 11.8 Å². The summed E-state index contributed by atoms with van der Waals surface area (Å²) in [6, 6.07) is 6.99. The molecule has 0 unspecified atom stereocenters. The Labute approximate surface area is 91.7 Å². The second-order valence-electron chi connectivity index (χ2n) is 4.26. The van der Waals surface area contributed by atoms with E-state index in [0.717, 1.165) is 6.42 Å². The van der Waals surface area contributed by atoms with Gasteiger partial charge in [0.1, 0.15) is 5.41 Å². The first-order valence-electron chi connectivity index (χ1n) is 5.34. The number of hydrogen-bond donors (Lipinski definition) is 0. The minimum absolute atomic E-state index is 0.322. The van der Waals surface area contributed by atoms with Crippen LogP contribution in [0.3, 0.4) is 0 Å². The van der Waals surface area contributed by atoms with Gasteiger partial charge in [-0.25, -0.2) is 9.98 Å². The van der Waals surface area contributed by atoms with Gasteiger partial charge in [0.15, 0.2) is 0 Å². The van der Waals surface area contributed by atoms with E-state index in [1.54, 1.807) is 24.3 Å². The first kappa shape index (κ1) is 9.39. The van der Waals surface area contributed by atoms with Crippen molar-refractivity contribution in [3.63, 3.8) is 0 Å². The first-order chi connectivity index (χ1) is 7.72. The average molecular weight is 214 g/mol. The van der Waals surface area contributed by atoms with E-state index in [1.807, 2.05) is 0 Å². The molecule has 1 aromatic carbocycles. The zero-order chi connectivity index (χ0) is 11.2. The molecule has 4 nitrogen and oxygen atoms in total. The van der Waals surface area contributed by atoms with Crippen molar-refractivity contribution in [1.29, 1.82) is 0 Å². The third-order valence-electron chi connectivity index (χ3n) is 3.35. The molecule has 4 heteroatoms. The van der Waals surface area contributed by atoms with Crippen LogP contribution < -0.4 is 10.7 Å². The largest absolute Gasteiger partial charge is 0.271 e. The lowest BCUT2D eigenvalue weighted by Gasteiger charge is -2.34. The van der Waals surface area contributed by atoms with Crippen molar-refractivity contribution in [3.05, 3.63) is 35.0 Å². The van der Waals surface area contributed by atoms with E-state index < -0.39 is 5.41 Å². The Morgan fingerprint density at radius 1 is 0.938 bits per heavy atom. The number of amides is 2. The van der Waals surface area contributed by atoms with Crippen LogP contribution >= 0.6 is 0 Å². The van der Waals surface area contributed by atoms with Crippen molar-refractivity contribution in [1.82, 2.24) is 0 Å². The minimum atomic E-state index is -0.932. The summed E-state index contributed by atoms with van der Waals surface area (Å²) in [4.78, 5) is 31.9. The summed E-state index contributed by atoms with van der Waals surface area (Å²) >= 11 is 0. The summed E-state index contributed by atoms with van der Waals surface area (Å²) in [5.41, 5.74) is -0.932. The van der Waals surface area contributed by atoms with Crippen molar-refractivity contribution in [2.45, 2.75) is 19.3 Å². The minimum Gasteiger partial charge on any atom is -0.271 e. The smallest absolute Gasteiger partial charge is 0.262 e. The molecule has 0 radical (unpaired) electrons. The lowest BCUT2D eigenvalue weighted by Crippen LogP contribution is -2.43. The van der Waals surface area contributed by atoms with Crippen LogP contribution in [0.25, 0.3) is 0 Å². The fraction of sp³-hybridized carbons (Fsp3) is 0.333. The van der Waals surface area contributed by atoms with Gasteiger partial charge in [-0.3, -0.25) is 9.59 Å². The highest BCUT2D eigenvalue weighted by Crippen LogP contribution is 2.43. The van der Waals surface area contributed by atoms with Gasteiger partial charge in [0, 0.05) is 0 Å². The highest BCUT2D eigenvalue weighted by atomic mass is 16.2. The van der Waals surface area contributed by atoms with Crippen molar-refractivity contribution in [3.8, 4) is 0 Å². The van der Waals surface area contributed by atoms with E-state index in [9.17, 15) is 9.59 Å². The molecule has 16 heavy (non-hydrogen) atoms. The first-order valence-corrected chi connectivity index (χ1v) is 5.34. The van der Waals surface area contributed by atoms with Gasteiger partial charge in [-0.1, -0.05) is 18.6 Å². The molecular formula is C12H10N2O2. The molecule has 1 heterocycles. The molecule has 1 aliphatic heterocycles. The lowest BCUT2D eigenvalue weighted by atomic mass is 9.67. The number of carbonyl (C=O) groups excluding carboxylic acids is 2. The maximum absolute atomic E-state index is 11.9. The van der Waals surface area contributed by atoms with Crippen molar-refractivity contribution >= 4 is 11.8 Å². The topological polar surface area (TPSA) is 58.9 Å². The van der Waals surface area contributed by atoms with Crippen molar-refractivity contribution in [2.24, 2.45) is 15.4 Å². The standard InChI is InChI=1S/C12H10N2O2/c15-10-12(6-3-7-12)11(16)14-9-5-2-1-4-8(9)13-10/h1-2,4-5H,3,6-7H2. The molecule has 0 N–H and O–H groups in total. The molecule has 0 aromatic heterocycles. The Bertz CT molecular complexity index is 551. The van der Waals surface area contributed by atoms with Crippen LogP contribution in [0.4, 0.5) is 0 Å². The van der Waals surface area contributed by atoms with E-state index in [-0.39, 0.29) is 11.8 Å². The Hall–Kier alpha value is -1.84. The SMILES string of the molecule is O=C1N=c2ccccc2=NC(=O)C12CCC2. The maximum atomic E-state index is 11.9. The Kier molecular flexibility index (Phi) is 1.80. The predicted molar refractivity (Wildman–Crippen MR) is 55.1 cm³/mol. The van der Waals surface area contributed by atoms with Crippen LogP contribution in [0, 0.1) is 5.41 Å². The molecule has 0 bridgehead atoms. The summed E-state index contributed by atoms with van der Waals surface area (Å²) in [7, 11) is 0. The molecule has 1 aromatic rings. The highest BCUT2D eigenvalue weighted by Gasteiger charge is 2.51. The van der Waals surface area contributed by atoms with Crippen LogP contribution in [0.5, 0.6) is 0 Å². The van der Waals surface area contributed by atoms with Crippen LogP contribution in [0.15, 0.2) is 34.3 Å². The molecule has 2 amide bonds. The van der Waals surface area contributed by atoms with Gasteiger partial charge in [0.05, 0.1) is 10.7 Å². The number of rotatable bonds is 0. The van der Waals surface area contributed by atoms with E-state index >= 15 is 0 Å². The number of nitrogens with zero attached hydrogens (tertiary/aromatic N) is 2. The van der Waals surface area contributed by atoms with Crippen LogP contribution in [0.2, 0.25) is 0 Å². The van der Waals surface area contributed by atoms with Crippen molar-refractivity contribution in [2.75, 3.05) is 0 Å². The van der Waals surface area contributed by atoms with Gasteiger partial charge in [0.2, 0.25) is 0 Å². The Balaban J connectivity index is 2.29. The third-order valence-corrected chi connectivity index (χ3v) is 3.35. The molecular weight excluding hydrogens is 204 g/mol. The maximum Gasteiger partial charge on any atom is 0.262 e. The molecule has 1 aliphatic carbocycles. The predicted octanol–water partition coefficient (Wildman–Crippen LogP) is 0.163. The zero-order valence-corrected chi connectivity index (χ0v) is 8.64. The molecule has 3 rings (SSSR count). The lowest BCUT2D eigenvalue weighted by molar-refractivity contribution is -0.145. The molecule has 2 aliphatic rings. The zero-order valence-electron chi connectivity index (χ0n) is 8.64. The second kappa shape index (κ2) is 3.07. The van der Waals surface area contributed by atoms with E-state index in [0.29, 0.717) is 23.6 Å². The monoisotopic (exact) mass is 214 g/mol. The molecule has 0 atom stereocenters.